The van der Waals surface area contributed by atoms with Gasteiger partial charge in [0, 0.05) is 19.6 Å². The molecule has 2 unspecified atom stereocenters. The van der Waals surface area contributed by atoms with E-state index in [0.29, 0.717) is 12.3 Å². The van der Waals surface area contributed by atoms with Gasteiger partial charge in [0.2, 0.25) is 0 Å². The van der Waals surface area contributed by atoms with Crippen molar-refractivity contribution in [1.29, 1.82) is 0 Å². The average Bonchev–Trinajstić information content (AvgIpc) is 2.65. The van der Waals surface area contributed by atoms with Crippen molar-refractivity contribution in [2.75, 3.05) is 27.7 Å². The van der Waals surface area contributed by atoms with E-state index in [2.05, 4.69) is 11.8 Å². The van der Waals surface area contributed by atoms with Crippen LogP contribution < -0.4 is 14.9 Å². The molecule has 0 aromatic heterocycles. The number of nitrogens with zero attached hydrogens (tertiary/aromatic N) is 2. The lowest BCUT2D eigenvalue weighted by molar-refractivity contribution is -0.333. The smallest absolute Gasteiger partial charge is 0.414 e. The average molecular weight is 398 g/mol. The highest BCUT2D eigenvalue weighted by Crippen LogP contribution is 2.22. The molecular weight excluding hydrogens is 372 g/mol. The third-order valence-corrected chi connectivity index (χ3v) is 3.89. The monoisotopic (exact) mass is 398 g/mol. The molecule has 0 bridgehead atoms. The lowest BCUT2D eigenvalue weighted by Crippen LogP contribution is -2.51. The topological polar surface area (TPSA) is 154 Å². The van der Waals surface area contributed by atoms with Gasteiger partial charge in [-0.3, -0.25) is 0 Å². The minimum absolute atomic E-state index is 0.285. The van der Waals surface area contributed by atoms with Crippen LogP contribution in [0.3, 0.4) is 0 Å². The van der Waals surface area contributed by atoms with Gasteiger partial charge in [-0.05, 0) is 45.6 Å². The van der Waals surface area contributed by atoms with Crippen LogP contribution >= 0.6 is 0 Å². The summed E-state index contributed by atoms with van der Waals surface area (Å²) in [5, 5.41) is 35.7. The maximum atomic E-state index is 11.7. The summed E-state index contributed by atoms with van der Waals surface area (Å²) in [5.41, 5.74) is 1.13. The van der Waals surface area contributed by atoms with Crippen LogP contribution in [-0.2, 0) is 9.59 Å². The Morgan fingerprint density at radius 1 is 1.07 bits per heavy atom. The first-order valence-electron chi connectivity index (χ1n) is 8.39. The van der Waals surface area contributed by atoms with Crippen LogP contribution in [0.15, 0.2) is 24.3 Å². The van der Waals surface area contributed by atoms with Crippen LogP contribution in [0.5, 0.6) is 5.75 Å². The van der Waals surface area contributed by atoms with Crippen molar-refractivity contribution in [3.05, 3.63) is 29.8 Å². The second kappa shape index (κ2) is 11.9. The minimum atomic E-state index is -2.44. The fraction of sp³-hybridized carbons (Fsp3) is 0.500. The van der Waals surface area contributed by atoms with Gasteiger partial charge in [-0.1, -0.05) is 12.1 Å². The van der Waals surface area contributed by atoms with Gasteiger partial charge in [0.15, 0.2) is 0 Å². The molecule has 0 heterocycles. The molecule has 1 aromatic rings. The van der Waals surface area contributed by atoms with Crippen molar-refractivity contribution in [2.24, 2.45) is 0 Å². The van der Waals surface area contributed by atoms with E-state index in [1.54, 1.807) is 13.1 Å². The van der Waals surface area contributed by atoms with E-state index in [-0.39, 0.29) is 12.1 Å². The van der Waals surface area contributed by atoms with Gasteiger partial charge < -0.3 is 44.6 Å². The number of ether oxygens (including phenoxy) is 1. The number of hydrogen-bond acceptors (Lipinski definition) is 9. The van der Waals surface area contributed by atoms with E-state index in [1.807, 2.05) is 39.2 Å². The largest absolute Gasteiger partial charge is 0.547 e. The van der Waals surface area contributed by atoms with Gasteiger partial charge in [-0.2, -0.15) is 0 Å². The molecule has 10 nitrogen and oxygen atoms in total. The molecule has 0 fully saturated rings. The first-order chi connectivity index (χ1) is 12.9. The van der Waals surface area contributed by atoms with Crippen molar-refractivity contribution in [3.8, 4) is 5.75 Å². The van der Waals surface area contributed by atoms with E-state index in [9.17, 15) is 24.6 Å². The molecule has 28 heavy (non-hydrogen) atoms. The van der Waals surface area contributed by atoms with Gasteiger partial charge in [-0.25, -0.2) is 4.79 Å². The highest BCUT2D eigenvalue weighted by molar-refractivity contribution is 5.80. The molecule has 0 radical (unpaired) electrons. The minimum Gasteiger partial charge on any atom is -0.547 e. The first-order valence-corrected chi connectivity index (χ1v) is 8.39. The number of hydrogen-bond donors (Lipinski definition) is 2. The van der Waals surface area contributed by atoms with Gasteiger partial charge in [-0.15, -0.1) is 0 Å². The Morgan fingerprint density at radius 3 is 1.96 bits per heavy atom. The molecule has 3 atom stereocenters. The number of carboxylic acids is 2. The number of carboxylic acid groups (broad SMARTS) is 2. The summed E-state index contributed by atoms with van der Waals surface area (Å²) >= 11 is 0. The van der Waals surface area contributed by atoms with Crippen LogP contribution in [0, 0.1) is 0 Å². The summed E-state index contributed by atoms with van der Waals surface area (Å²) in [7, 11) is 5.76. The second-order valence-corrected chi connectivity index (χ2v) is 6.12. The third-order valence-electron chi connectivity index (χ3n) is 3.89. The molecule has 0 aliphatic carbocycles. The number of aliphatic hydroxyl groups excluding tert-OH is 2. The predicted molar refractivity (Wildman–Crippen MR) is 94.9 cm³/mol. The van der Waals surface area contributed by atoms with Crippen molar-refractivity contribution in [2.45, 2.75) is 32.1 Å². The van der Waals surface area contributed by atoms with Crippen molar-refractivity contribution in [1.82, 2.24) is 9.80 Å². The third kappa shape index (κ3) is 8.33. The zero-order valence-electron chi connectivity index (χ0n) is 16.5. The molecule has 0 saturated heterocycles. The van der Waals surface area contributed by atoms with Crippen LogP contribution in [-0.4, -0.2) is 77.9 Å². The maximum absolute atomic E-state index is 11.7. The Morgan fingerprint density at radius 2 is 1.57 bits per heavy atom. The molecule has 2 N–H and O–H groups in total. The van der Waals surface area contributed by atoms with Crippen LogP contribution in [0.1, 0.15) is 25.5 Å². The predicted octanol–water partition coefficient (Wildman–Crippen LogP) is -2.03. The molecule has 1 rings (SSSR count). The quantitative estimate of drug-likeness (QED) is 0.529. The number of benzene rings is 1. The summed E-state index contributed by atoms with van der Waals surface area (Å²) in [5.74, 6) is -3.53. The summed E-state index contributed by atoms with van der Waals surface area (Å²) in [6, 6.07) is 7.93. The van der Waals surface area contributed by atoms with E-state index in [0.717, 1.165) is 5.56 Å². The Bertz CT molecular complexity index is 647. The Labute approximate surface area is 163 Å². The molecule has 1 aromatic carbocycles. The van der Waals surface area contributed by atoms with Crippen LogP contribution in [0.2, 0.25) is 0 Å². The SMILES string of the molecule is CCN(C)C(=O)Oc1cccc([C@H](C)N(C)C)c1.O=C([O-])C(O)C(O)C(=O)[O-]. The Hall–Kier alpha value is -2.69. The molecule has 10 heteroatoms. The maximum Gasteiger partial charge on any atom is 0.414 e. The molecule has 0 spiro atoms. The van der Waals surface area contributed by atoms with E-state index < -0.39 is 24.1 Å². The Balaban J connectivity index is 0.000000621. The highest BCUT2D eigenvalue weighted by atomic mass is 16.6. The van der Waals surface area contributed by atoms with E-state index >= 15 is 0 Å². The van der Waals surface area contributed by atoms with Crippen LogP contribution in [0.25, 0.3) is 0 Å². The van der Waals surface area contributed by atoms with Gasteiger partial charge >= 0.3 is 6.09 Å². The van der Waals surface area contributed by atoms with Gasteiger partial charge in [0.05, 0.1) is 11.9 Å². The molecule has 158 valence electrons. The standard InChI is InChI=1S/C14H22N2O2.C4H6O6/c1-6-16(5)14(17)18-13-9-7-8-12(10-13)11(2)15(3)4;5-1(3(7)8)2(6)4(9)10/h7-11H,6H2,1-5H3;1-2,5-6H,(H,7,8)(H,9,10)/p-2/t11-;/m0./s1. The Kier molecular flexibility index (Phi) is 10.8. The summed E-state index contributed by atoms with van der Waals surface area (Å²) in [6.07, 6.45) is -5.21. The van der Waals surface area contributed by atoms with Crippen molar-refractivity contribution >= 4 is 18.0 Å². The summed E-state index contributed by atoms with van der Waals surface area (Å²) < 4.78 is 5.31. The molecule has 1 amide bonds. The summed E-state index contributed by atoms with van der Waals surface area (Å²) in [6.45, 7) is 4.65. The number of rotatable bonds is 7. The zero-order chi connectivity index (χ0) is 22.0. The molecule has 0 aliphatic rings. The van der Waals surface area contributed by atoms with E-state index in [4.69, 9.17) is 14.9 Å². The first kappa shape index (κ1) is 25.3. The number of carbonyl (C=O) groups is 3. The van der Waals surface area contributed by atoms with Gasteiger partial charge in [0.25, 0.3) is 0 Å². The van der Waals surface area contributed by atoms with Crippen LogP contribution in [0.4, 0.5) is 4.79 Å². The number of aliphatic carboxylic acids is 2. The normalized spacial score (nSPS) is 13.6. The number of amides is 1. The lowest BCUT2D eigenvalue weighted by Gasteiger charge is -2.21. The second-order valence-electron chi connectivity index (χ2n) is 6.12. The molecular formula is C18H26N2O8-2. The lowest BCUT2D eigenvalue weighted by atomic mass is 10.1. The molecule has 0 saturated carbocycles. The van der Waals surface area contributed by atoms with Gasteiger partial charge in [0.1, 0.15) is 18.0 Å². The fourth-order valence-corrected chi connectivity index (χ4v) is 1.70. The van der Waals surface area contributed by atoms with Crippen molar-refractivity contribution < 1.29 is 39.5 Å². The molecule has 0 aliphatic heterocycles. The zero-order valence-corrected chi connectivity index (χ0v) is 16.5. The van der Waals surface area contributed by atoms with E-state index in [1.165, 1.54) is 4.90 Å². The fourth-order valence-electron chi connectivity index (χ4n) is 1.70. The summed E-state index contributed by atoms with van der Waals surface area (Å²) in [4.78, 5) is 34.6. The number of carbonyl (C=O) groups excluding carboxylic acids is 3. The number of aliphatic hydroxyl groups is 2. The highest BCUT2D eigenvalue weighted by Gasteiger charge is 2.17. The van der Waals surface area contributed by atoms with Crippen molar-refractivity contribution in [3.63, 3.8) is 0 Å².